The maximum Gasteiger partial charge on any atom is 0.0369 e. The molecule has 1 saturated heterocycles. The first-order valence-electron chi connectivity index (χ1n) is 7.93. The van der Waals surface area contributed by atoms with Crippen molar-refractivity contribution in [2.24, 2.45) is 11.3 Å². The molecule has 112 valence electrons. The first-order valence-corrected chi connectivity index (χ1v) is 7.93. The lowest BCUT2D eigenvalue weighted by atomic mass is 9.82. The molecule has 2 nitrogen and oxygen atoms in total. The van der Waals surface area contributed by atoms with Crippen molar-refractivity contribution in [1.29, 1.82) is 0 Å². The van der Waals surface area contributed by atoms with Crippen molar-refractivity contribution in [2.45, 2.75) is 39.7 Å². The van der Waals surface area contributed by atoms with Crippen LogP contribution in [0, 0.1) is 11.3 Å². The van der Waals surface area contributed by atoms with Crippen LogP contribution in [0.2, 0.25) is 0 Å². The van der Waals surface area contributed by atoms with Crippen LogP contribution in [0.1, 0.15) is 45.2 Å². The molecule has 1 aliphatic rings. The molecule has 1 aromatic carbocycles. The Morgan fingerprint density at radius 1 is 1.25 bits per heavy atom. The van der Waals surface area contributed by atoms with E-state index in [1.807, 2.05) is 0 Å². The molecule has 0 spiro atoms. The van der Waals surface area contributed by atoms with Crippen molar-refractivity contribution in [3.63, 3.8) is 0 Å². The predicted molar refractivity (Wildman–Crippen MR) is 86.9 cm³/mol. The standard InChI is InChI=1S/C18H30N2/c1-18(2,3)17(16-10-6-5-7-11-16)19-13-15-9-8-12-20(4)14-15/h5-7,10-11,15,17,19H,8-9,12-14H2,1-4H3. The first-order chi connectivity index (χ1) is 9.47. The van der Waals surface area contributed by atoms with Crippen LogP contribution in [0.4, 0.5) is 0 Å². The van der Waals surface area contributed by atoms with Gasteiger partial charge >= 0.3 is 0 Å². The zero-order valence-corrected chi connectivity index (χ0v) is 13.5. The summed E-state index contributed by atoms with van der Waals surface area (Å²) in [6, 6.07) is 11.3. The van der Waals surface area contributed by atoms with Gasteiger partial charge in [-0.25, -0.2) is 0 Å². The van der Waals surface area contributed by atoms with Crippen LogP contribution in [0.5, 0.6) is 0 Å². The van der Waals surface area contributed by atoms with E-state index in [0.717, 1.165) is 12.5 Å². The van der Waals surface area contributed by atoms with Gasteiger partial charge in [-0.05, 0) is 49.9 Å². The Hall–Kier alpha value is -0.860. The van der Waals surface area contributed by atoms with Gasteiger partial charge in [-0.2, -0.15) is 0 Å². The SMILES string of the molecule is CN1CCCC(CNC(c2ccccc2)C(C)(C)C)C1. The molecule has 1 aromatic rings. The third-order valence-electron chi connectivity index (χ3n) is 4.33. The van der Waals surface area contributed by atoms with E-state index < -0.39 is 0 Å². The zero-order chi connectivity index (χ0) is 14.6. The second kappa shape index (κ2) is 6.73. The summed E-state index contributed by atoms with van der Waals surface area (Å²) in [5, 5.41) is 3.84. The van der Waals surface area contributed by atoms with Crippen molar-refractivity contribution in [1.82, 2.24) is 10.2 Å². The molecule has 1 aliphatic heterocycles. The molecular weight excluding hydrogens is 244 g/mol. The van der Waals surface area contributed by atoms with E-state index in [4.69, 9.17) is 0 Å². The highest BCUT2D eigenvalue weighted by Gasteiger charge is 2.27. The van der Waals surface area contributed by atoms with Gasteiger partial charge in [-0.15, -0.1) is 0 Å². The van der Waals surface area contributed by atoms with E-state index in [9.17, 15) is 0 Å². The average molecular weight is 274 g/mol. The second-order valence-electron chi connectivity index (χ2n) is 7.39. The van der Waals surface area contributed by atoms with Crippen LogP contribution in [0.15, 0.2) is 30.3 Å². The van der Waals surface area contributed by atoms with E-state index in [1.54, 1.807) is 0 Å². The number of rotatable bonds is 4. The Kier molecular flexibility index (Phi) is 5.22. The molecule has 0 bridgehead atoms. The lowest BCUT2D eigenvalue weighted by molar-refractivity contribution is 0.187. The van der Waals surface area contributed by atoms with Crippen LogP contribution in [0.25, 0.3) is 0 Å². The molecule has 1 fully saturated rings. The first kappa shape index (κ1) is 15.5. The minimum Gasteiger partial charge on any atom is -0.309 e. The fourth-order valence-electron chi connectivity index (χ4n) is 3.29. The second-order valence-corrected chi connectivity index (χ2v) is 7.39. The topological polar surface area (TPSA) is 15.3 Å². The number of hydrogen-bond acceptors (Lipinski definition) is 2. The Labute approximate surface area is 124 Å². The third kappa shape index (κ3) is 4.32. The number of nitrogens with one attached hydrogen (secondary N) is 1. The Bertz CT molecular complexity index is 394. The number of piperidine rings is 1. The van der Waals surface area contributed by atoms with Crippen LogP contribution < -0.4 is 5.32 Å². The zero-order valence-electron chi connectivity index (χ0n) is 13.5. The molecule has 2 unspecified atom stereocenters. The van der Waals surface area contributed by atoms with Gasteiger partial charge in [0.15, 0.2) is 0 Å². The summed E-state index contributed by atoms with van der Waals surface area (Å²) >= 11 is 0. The average Bonchev–Trinajstić information content (AvgIpc) is 2.39. The van der Waals surface area contributed by atoms with Gasteiger partial charge in [0.1, 0.15) is 0 Å². The maximum absolute atomic E-state index is 3.84. The molecule has 2 rings (SSSR count). The van der Waals surface area contributed by atoms with Crippen LogP contribution in [-0.4, -0.2) is 31.6 Å². The molecule has 0 aromatic heterocycles. The maximum atomic E-state index is 3.84. The van der Waals surface area contributed by atoms with E-state index in [1.165, 1.54) is 31.5 Å². The Balaban J connectivity index is 1.98. The molecular formula is C18H30N2. The third-order valence-corrected chi connectivity index (χ3v) is 4.33. The van der Waals surface area contributed by atoms with Gasteiger partial charge in [0.2, 0.25) is 0 Å². The molecule has 2 heteroatoms. The van der Waals surface area contributed by atoms with Gasteiger partial charge in [-0.3, -0.25) is 0 Å². The fraction of sp³-hybridized carbons (Fsp3) is 0.667. The summed E-state index contributed by atoms with van der Waals surface area (Å²) in [5.74, 6) is 0.794. The Morgan fingerprint density at radius 2 is 1.95 bits per heavy atom. The van der Waals surface area contributed by atoms with E-state index >= 15 is 0 Å². The normalized spacial score (nSPS) is 22.7. The van der Waals surface area contributed by atoms with Crippen molar-refractivity contribution in [3.8, 4) is 0 Å². The molecule has 1 heterocycles. The molecule has 1 N–H and O–H groups in total. The van der Waals surface area contributed by atoms with Crippen molar-refractivity contribution in [3.05, 3.63) is 35.9 Å². The minimum absolute atomic E-state index is 0.238. The van der Waals surface area contributed by atoms with E-state index in [-0.39, 0.29) is 5.41 Å². The van der Waals surface area contributed by atoms with Gasteiger partial charge in [0, 0.05) is 12.6 Å². The molecule has 20 heavy (non-hydrogen) atoms. The molecule has 0 radical (unpaired) electrons. The summed E-state index contributed by atoms with van der Waals surface area (Å²) in [5.41, 5.74) is 1.64. The van der Waals surface area contributed by atoms with Crippen LogP contribution in [-0.2, 0) is 0 Å². The Morgan fingerprint density at radius 3 is 2.55 bits per heavy atom. The largest absolute Gasteiger partial charge is 0.309 e. The fourth-order valence-corrected chi connectivity index (χ4v) is 3.29. The lowest BCUT2D eigenvalue weighted by Gasteiger charge is -2.35. The van der Waals surface area contributed by atoms with Crippen molar-refractivity contribution >= 4 is 0 Å². The highest BCUT2D eigenvalue weighted by Crippen LogP contribution is 2.33. The van der Waals surface area contributed by atoms with Crippen LogP contribution in [0.3, 0.4) is 0 Å². The molecule has 0 amide bonds. The monoisotopic (exact) mass is 274 g/mol. The minimum atomic E-state index is 0.238. The quantitative estimate of drug-likeness (QED) is 0.900. The highest BCUT2D eigenvalue weighted by atomic mass is 15.1. The number of nitrogens with zero attached hydrogens (tertiary/aromatic N) is 1. The van der Waals surface area contributed by atoms with Gasteiger partial charge in [0.05, 0.1) is 0 Å². The molecule has 0 aliphatic carbocycles. The lowest BCUT2D eigenvalue weighted by Crippen LogP contribution is -2.41. The molecule has 0 saturated carbocycles. The summed E-state index contributed by atoms with van der Waals surface area (Å²) < 4.78 is 0. The number of likely N-dealkylation sites (tertiary alicyclic amines) is 1. The highest BCUT2D eigenvalue weighted by molar-refractivity contribution is 5.20. The van der Waals surface area contributed by atoms with Gasteiger partial charge in [-0.1, -0.05) is 51.1 Å². The smallest absolute Gasteiger partial charge is 0.0369 e. The molecule has 2 atom stereocenters. The van der Waals surface area contributed by atoms with Gasteiger partial charge in [0.25, 0.3) is 0 Å². The summed E-state index contributed by atoms with van der Waals surface area (Å²) in [6.07, 6.45) is 2.71. The van der Waals surface area contributed by atoms with E-state index in [2.05, 4.69) is 68.4 Å². The summed E-state index contributed by atoms with van der Waals surface area (Å²) in [4.78, 5) is 2.46. The summed E-state index contributed by atoms with van der Waals surface area (Å²) in [7, 11) is 2.24. The summed E-state index contributed by atoms with van der Waals surface area (Å²) in [6.45, 7) is 10.6. The number of hydrogen-bond donors (Lipinski definition) is 1. The van der Waals surface area contributed by atoms with Crippen molar-refractivity contribution < 1.29 is 0 Å². The van der Waals surface area contributed by atoms with E-state index in [0.29, 0.717) is 6.04 Å². The van der Waals surface area contributed by atoms with Crippen LogP contribution >= 0.6 is 0 Å². The number of benzene rings is 1. The van der Waals surface area contributed by atoms with Crippen molar-refractivity contribution in [2.75, 3.05) is 26.7 Å². The predicted octanol–water partition coefficient (Wildman–Crippen LogP) is 3.71. The van der Waals surface area contributed by atoms with Gasteiger partial charge < -0.3 is 10.2 Å².